The number of hydrogen-bond acceptors (Lipinski definition) is 2. The van der Waals surface area contributed by atoms with Crippen LogP contribution in [0.15, 0.2) is 54.7 Å². The van der Waals surface area contributed by atoms with Crippen molar-refractivity contribution in [1.82, 2.24) is 4.98 Å². The first-order chi connectivity index (χ1) is 12.7. The van der Waals surface area contributed by atoms with Crippen LogP contribution in [0.5, 0.6) is 0 Å². The molecule has 0 radical (unpaired) electrons. The van der Waals surface area contributed by atoms with Crippen molar-refractivity contribution in [1.29, 1.82) is 0 Å². The Morgan fingerprint density at radius 1 is 1.12 bits per heavy atom. The second kappa shape index (κ2) is 7.36. The maximum atomic E-state index is 13.0. The van der Waals surface area contributed by atoms with Crippen LogP contribution in [0.25, 0.3) is 10.8 Å². The van der Waals surface area contributed by atoms with Crippen LogP contribution in [0, 0.1) is 11.7 Å². The summed E-state index contributed by atoms with van der Waals surface area (Å²) in [5, 5.41) is 2.53. The minimum absolute atomic E-state index is 0.105. The molecule has 0 amide bonds. The number of aromatic nitrogens is 1. The molecule has 1 atom stereocenters. The maximum Gasteiger partial charge on any atom is 0.162 e. The zero-order valence-electron chi connectivity index (χ0n) is 14.7. The summed E-state index contributed by atoms with van der Waals surface area (Å²) in [6, 6.07) is 14.3. The lowest BCUT2D eigenvalue weighted by Gasteiger charge is -2.25. The summed E-state index contributed by atoms with van der Waals surface area (Å²) in [6.07, 6.45) is 7.66. The molecule has 3 aromatic rings. The van der Waals surface area contributed by atoms with E-state index in [9.17, 15) is 9.18 Å². The van der Waals surface area contributed by atoms with Crippen LogP contribution in [-0.4, -0.2) is 10.8 Å². The minimum Gasteiger partial charge on any atom is -0.294 e. The van der Waals surface area contributed by atoms with E-state index in [1.807, 2.05) is 6.20 Å². The zero-order valence-corrected chi connectivity index (χ0v) is 14.7. The van der Waals surface area contributed by atoms with Gasteiger partial charge in [-0.3, -0.25) is 9.78 Å². The van der Waals surface area contributed by atoms with Gasteiger partial charge in [-0.25, -0.2) is 4.39 Å². The number of halogens is 1. The molecule has 1 aliphatic carbocycles. The molecule has 1 unspecified atom stereocenters. The van der Waals surface area contributed by atoms with E-state index in [0.717, 1.165) is 32.1 Å². The summed E-state index contributed by atoms with van der Waals surface area (Å²) in [5.74, 6) is 0.410. The van der Waals surface area contributed by atoms with E-state index < -0.39 is 0 Å². The number of rotatable bonds is 5. The predicted octanol–water partition coefficient (Wildman–Crippen LogP) is 5.53. The van der Waals surface area contributed by atoms with Crippen molar-refractivity contribution < 1.29 is 9.18 Å². The average molecular weight is 347 g/mol. The van der Waals surface area contributed by atoms with Gasteiger partial charge in [-0.1, -0.05) is 24.3 Å². The normalized spacial score (nSPS) is 16.4. The Hall–Kier alpha value is -2.55. The van der Waals surface area contributed by atoms with Crippen LogP contribution in [0.1, 0.15) is 47.3 Å². The number of aryl methyl sites for hydroxylation is 1. The largest absolute Gasteiger partial charge is 0.294 e. The number of carbonyl (C=O) groups is 1. The number of Topliss-reactive ketones (excluding diaryl/α,β-unsaturated/α-hetero) is 1. The Bertz CT molecular complexity index is 933. The maximum absolute atomic E-state index is 13.0. The number of benzene rings is 2. The SMILES string of the molecule is O=C(CCCC1CCc2ncc3ccccc3c2C1)c1ccc(F)cc1. The molecule has 0 fully saturated rings. The highest BCUT2D eigenvalue weighted by Crippen LogP contribution is 2.32. The van der Waals surface area contributed by atoms with Crippen molar-refractivity contribution in [3.63, 3.8) is 0 Å². The fourth-order valence-corrected chi connectivity index (χ4v) is 4.02. The first-order valence-corrected chi connectivity index (χ1v) is 9.35. The van der Waals surface area contributed by atoms with Crippen molar-refractivity contribution >= 4 is 16.6 Å². The van der Waals surface area contributed by atoms with E-state index in [1.54, 1.807) is 12.1 Å². The van der Waals surface area contributed by atoms with Crippen molar-refractivity contribution in [2.75, 3.05) is 0 Å². The fourth-order valence-electron chi connectivity index (χ4n) is 4.02. The topological polar surface area (TPSA) is 30.0 Å². The molecule has 1 aliphatic rings. The van der Waals surface area contributed by atoms with Gasteiger partial charge in [0.25, 0.3) is 0 Å². The molecular formula is C23H22FNO. The van der Waals surface area contributed by atoms with Crippen LogP contribution in [0.3, 0.4) is 0 Å². The Morgan fingerprint density at radius 3 is 2.77 bits per heavy atom. The van der Waals surface area contributed by atoms with Gasteiger partial charge in [-0.05, 0) is 73.2 Å². The second-order valence-corrected chi connectivity index (χ2v) is 7.20. The van der Waals surface area contributed by atoms with Gasteiger partial charge in [-0.2, -0.15) is 0 Å². The highest BCUT2D eigenvalue weighted by Gasteiger charge is 2.21. The minimum atomic E-state index is -0.303. The summed E-state index contributed by atoms with van der Waals surface area (Å²) in [6.45, 7) is 0. The molecule has 4 rings (SSSR count). The standard InChI is InChI=1S/C23H22FNO/c24-19-11-9-17(10-12-19)23(26)7-3-4-16-8-13-22-21(14-16)20-6-2-1-5-18(20)15-25-22/h1-2,5-6,9-12,15-16H,3-4,7-8,13-14H2. The smallest absolute Gasteiger partial charge is 0.162 e. The molecule has 3 heteroatoms. The van der Waals surface area contributed by atoms with Crippen LogP contribution in [0.2, 0.25) is 0 Å². The Morgan fingerprint density at radius 2 is 1.92 bits per heavy atom. The van der Waals surface area contributed by atoms with Gasteiger partial charge in [0, 0.05) is 29.3 Å². The number of nitrogens with zero attached hydrogens (tertiary/aromatic N) is 1. The van der Waals surface area contributed by atoms with E-state index >= 15 is 0 Å². The quantitative estimate of drug-likeness (QED) is 0.568. The van der Waals surface area contributed by atoms with Crippen molar-refractivity contribution in [2.24, 2.45) is 5.92 Å². The first kappa shape index (κ1) is 16.9. The Balaban J connectivity index is 1.38. The van der Waals surface area contributed by atoms with Crippen LogP contribution >= 0.6 is 0 Å². The predicted molar refractivity (Wildman–Crippen MR) is 102 cm³/mol. The van der Waals surface area contributed by atoms with Crippen LogP contribution < -0.4 is 0 Å². The van der Waals surface area contributed by atoms with E-state index in [0.29, 0.717) is 17.9 Å². The number of ketones is 1. The zero-order chi connectivity index (χ0) is 17.9. The molecule has 2 aromatic carbocycles. The van der Waals surface area contributed by atoms with Crippen molar-refractivity contribution in [3.8, 4) is 0 Å². The Labute approximate surface area is 153 Å². The van der Waals surface area contributed by atoms with Crippen molar-refractivity contribution in [3.05, 3.63) is 77.4 Å². The molecule has 0 spiro atoms. The monoisotopic (exact) mass is 347 g/mol. The van der Waals surface area contributed by atoms with Crippen LogP contribution in [-0.2, 0) is 12.8 Å². The molecular weight excluding hydrogens is 325 g/mol. The van der Waals surface area contributed by atoms with E-state index in [2.05, 4.69) is 29.2 Å². The molecule has 1 heterocycles. The number of pyridine rings is 1. The summed E-state index contributed by atoms with van der Waals surface area (Å²) in [5.41, 5.74) is 3.24. The molecule has 1 aromatic heterocycles. The van der Waals surface area contributed by atoms with Gasteiger partial charge >= 0.3 is 0 Å². The van der Waals surface area contributed by atoms with E-state index in [-0.39, 0.29) is 11.6 Å². The lowest BCUT2D eigenvalue weighted by Crippen LogP contribution is -2.16. The van der Waals surface area contributed by atoms with Gasteiger partial charge < -0.3 is 0 Å². The van der Waals surface area contributed by atoms with Gasteiger partial charge in [0.2, 0.25) is 0 Å². The number of fused-ring (bicyclic) bond motifs is 3. The summed E-state index contributed by atoms with van der Waals surface area (Å²) in [7, 11) is 0. The van der Waals surface area contributed by atoms with Gasteiger partial charge in [0.15, 0.2) is 5.78 Å². The molecule has 0 N–H and O–H groups in total. The average Bonchev–Trinajstić information content (AvgIpc) is 2.68. The lowest BCUT2D eigenvalue weighted by atomic mass is 9.81. The first-order valence-electron chi connectivity index (χ1n) is 9.35. The number of hydrogen-bond donors (Lipinski definition) is 0. The van der Waals surface area contributed by atoms with E-state index in [4.69, 9.17) is 0 Å². The van der Waals surface area contributed by atoms with Crippen molar-refractivity contribution in [2.45, 2.75) is 38.5 Å². The third kappa shape index (κ3) is 3.52. The molecule has 132 valence electrons. The molecule has 0 aliphatic heterocycles. The number of carbonyl (C=O) groups excluding carboxylic acids is 1. The molecule has 0 saturated heterocycles. The Kier molecular flexibility index (Phi) is 4.79. The summed E-state index contributed by atoms with van der Waals surface area (Å²) < 4.78 is 13.0. The van der Waals surface area contributed by atoms with Gasteiger partial charge in [-0.15, -0.1) is 0 Å². The second-order valence-electron chi connectivity index (χ2n) is 7.20. The van der Waals surface area contributed by atoms with Gasteiger partial charge in [0.05, 0.1) is 0 Å². The molecule has 26 heavy (non-hydrogen) atoms. The molecule has 0 saturated carbocycles. The molecule has 0 bridgehead atoms. The van der Waals surface area contributed by atoms with Crippen LogP contribution in [0.4, 0.5) is 4.39 Å². The fraction of sp³-hybridized carbons (Fsp3) is 0.304. The lowest BCUT2D eigenvalue weighted by molar-refractivity contribution is 0.0977. The summed E-state index contributed by atoms with van der Waals surface area (Å²) in [4.78, 5) is 16.9. The summed E-state index contributed by atoms with van der Waals surface area (Å²) >= 11 is 0. The highest BCUT2D eigenvalue weighted by atomic mass is 19.1. The highest BCUT2D eigenvalue weighted by molar-refractivity contribution is 5.95. The third-order valence-electron chi connectivity index (χ3n) is 5.46. The third-order valence-corrected chi connectivity index (χ3v) is 5.46. The molecule has 2 nitrogen and oxygen atoms in total. The van der Waals surface area contributed by atoms with E-state index in [1.165, 1.54) is 34.2 Å². The van der Waals surface area contributed by atoms with Gasteiger partial charge in [0.1, 0.15) is 5.82 Å².